The zero-order chi connectivity index (χ0) is 26.2. The molecule has 1 saturated heterocycles. The maximum Gasteiger partial charge on any atom is 0.317 e. The Morgan fingerprint density at radius 2 is 1.78 bits per heavy atom. The van der Waals surface area contributed by atoms with Crippen molar-refractivity contribution in [1.29, 1.82) is 0 Å². The van der Waals surface area contributed by atoms with Gasteiger partial charge in [-0.15, -0.1) is 0 Å². The number of carbonyl (C=O) groups excluding carboxylic acids is 2. The molecule has 1 fully saturated rings. The molecule has 4 rings (SSSR count). The Labute approximate surface area is 215 Å². The third-order valence-corrected chi connectivity index (χ3v) is 6.54. The summed E-state index contributed by atoms with van der Waals surface area (Å²) in [5.74, 6) is -1.40. The third kappa shape index (κ3) is 6.69. The van der Waals surface area contributed by atoms with E-state index in [0.717, 1.165) is 19.5 Å². The van der Waals surface area contributed by atoms with Gasteiger partial charge in [-0.2, -0.15) is 5.10 Å². The summed E-state index contributed by atoms with van der Waals surface area (Å²) in [6, 6.07) is 11.3. The van der Waals surface area contributed by atoms with Gasteiger partial charge in [-0.25, -0.2) is 18.6 Å². The van der Waals surface area contributed by atoms with Crippen LogP contribution in [0.1, 0.15) is 36.9 Å². The van der Waals surface area contributed by atoms with E-state index in [2.05, 4.69) is 15.3 Å². The van der Waals surface area contributed by atoms with Crippen molar-refractivity contribution < 1.29 is 23.1 Å². The number of morpholine rings is 1. The van der Waals surface area contributed by atoms with E-state index < -0.39 is 23.6 Å². The molecule has 0 spiro atoms. The van der Waals surface area contributed by atoms with Crippen LogP contribution in [0.5, 0.6) is 0 Å². The lowest BCUT2D eigenvalue weighted by molar-refractivity contribution is -0.133. The van der Waals surface area contributed by atoms with Crippen molar-refractivity contribution >= 4 is 17.6 Å². The molecule has 10 heteroatoms. The number of hydrazone groups is 1. The van der Waals surface area contributed by atoms with Gasteiger partial charge in [-0.1, -0.05) is 43.3 Å². The van der Waals surface area contributed by atoms with Crippen LogP contribution in [0.15, 0.2) is 53.6 Å². The van der Waals surface area contributed by atoms with Crippen LogP contribution in [-0.2, 0) is 9.53 Å². The highest BCUT2D eigenvalue weighted by Crippen LogP contribution is 2.34. The summed E-state index contributed by atoms with van der Waals surface area (Å²) in [7, 11) is 0. The summed E-state index contributed by atoms with van der Waals surface area (Å²) < 4.78 is 34.7. The fourth-order valence-corrected chi connectivity index (χ4v) is 4.50. The number of benzene rings is 2. The van der Waals surface area contributed by atoms with Gasteiger partial charge in [0.2, 0.25) is 0 Å². The highest BCUT2D eigenvalue weighted by Gasteiger charge is 2.36. The Bertz CT molecular complexity index is 1120. The number of carbonyl (C=O) groups is 2. The van der Waals surface area contributed by atoms with Crippen molar-refractivity contribution in [2.45, 2.75) is 25.8 Å². The molecule has 0 saturated carbocycles. The molecule has 0 aliphatic carbocycles. The number of amides is 3. The molecule has 0 unspecified atom stereocenters. The van der Waals surface area contributed by atoms with Crippen molar-refractivity contribution in [3.63, 3.8) is 0 Å². The average molecular weight is 514 g/mol. The SMILES string of the molecule is CCCNC(=O)N(CCN1CCOCC1)CC(=O)N1N=C(c2ccccc2F)C[C@H]1c1ccccc1F. The van der Waals surface area contributed by atoms with Gasteiger partial charge < -0.3 is 15.0 Å². The largest absolute Gasteiger partial charge is 0.379 e. The first-order valence-electron chi connectivity index (χ1n) is 12.7. The van der Waals surface area contributed by atoms with Crippen molar-refractivity contribution in [1.82, 2.24) is 20.1 Å². The molecule has 8 nitrogen and oxygen atoms in total. The van der Waals surface area contributed by atoms with Crippen LogP contribution in [0.4, 0.5) is 13.6 Å². The van der Waals surface area contributed by atoms with E-state index in [1.807, 2.05) is 6.92 Å². The van der Waals surface area contributed by atoms with E-state index in [1.54, 1.807) is 36.4 Å². The summed E-state index contributed by atoms with van der Waals surface area (Å²) in [6.07, 6.45) is 0.915. The van der Waals surface area contributed by atoms with Gasteiger partial charge in [0.25, 0.3) is 5.91 Å². The van der Waals surface area contributed by atoms with E-state index in [9.17, 15) is 18.4 Å². The maximum absolute atomic E-state index is 14.8. The highest BCUT2D eigenvalue weighted by molar-refractivity contribution is 6.03. The molecule has 0 aromatic heterocycles. The Balaban J connectivity index is 1.57. The topological polar surface area (TPSA) is 77.5 Å². The predicted molar refractivity (Wildman–Crippen MR) is 136 cm³/mol. The molecule has 1 atom stereocenters. The number of halogens is 2. The minimum Gasteiger partial charge on any atom is -0.379 e. The monoisotopic (exact) mass is 513 g/mol. The zero-order valence-corrected chi connectivity index (χ0v) is 21.0. The van der Waals surface area contributed by atoms with E-state index >= 15 is 0 Å². The number of hydrogen-bond acceptors (Lipinski definition) is 5. The summed E-state index contributed by atoms with van der Waals surface area (Å²) in [6.45, 7) is 5.91. The fourth-order valence-electron chi connectivity index (χ4n) is 4.50. The number of ether oxygens (including phenoxy) is 1. The maximum atomic E-state index is 14.8. The molecule has 0 radical (unpaired) electrons. The van der Waals surface area contributed by atoms with Crippen LogP contribution in [0, 0.1) is 11.6 Å². The second kappa shape index (κ2) is 12.7. The van der Waals surface area contributed by atoms with E-state index in [-0.39, 0.29) is 24.6 Å². The van der Waals surface area contributed by atoms with Crippen LogP contribution in [-0.4, -0.2) is 84.9 Å². The van der Waals surface area contributed by atoms with Crippen LogP contribution in [0.2, 0.25) is 0 Å². The molecule has 2 aromatic rings. The molecule has 1 N–H and O–H groups in total. The van der Waals surface area contributed by atoms with Gasteiger partial charge in [-0.05, 0) is 18.6 Å². The van der Waals surface area contributed by atoms with Gasteiger partial charge in [0, 0.05) is 50.3 Å². The number of urea groups is 1. The van der Waals surface area contributed by atoms with Crippen LogP contribution >= 0.6 is 0 Å². The molecule has 3 amide bonds. The molecule has 37 heavy (non-hydrogen) atoms. The first kappa shape index (κ1) is 26.7. The highest BCUT2D eigenvalue weighted by atomic mass is 19.1. The quantitative estimate of drug-likeness (QED) is 0.558. The van der Waals surface area contributed by atoms with E-state index in [1.165, 1.54) is 22.0 Å². The standard InChI is InChI=1S/C27H33F2N5O3/c1-2-11-30-27(36)33(13-12-32-14-16-37-17-15-32)19-26(35)34-25(21-8-4-6-10-23(21)29)18-24(31-34)20-7-3-5-9-22(20)28/h3-10,25H,2,11-19H2,1H3,(H,30,36)/t25-/m0/s1. The Kier molecular flexibility index (Phi) is 9.19. The molecular formula is C27H33F2N5O3. The molecule has 2 aliphatic rings. The number of nitrogens with one attached hydrogen (secondary N) is 1. The number of nitrogens with zero attached hydrogens (tertiary/aromatic N) is 4. The minimum absolute atomic E-state index is 0.156. The second-order valence-electron chi connectivity index (χ2n) is 9.11. The first-order chi connectivity index (χ1) is 18.0. The number of hydrogen-bond donors (Lipinski definition) is 1. The lowest BCUT2D eigenvalue weighted by atomic mass is 9.97. The van der Waals surface area contributed by atoms with Crippen molar-refractivity contribution in [2.24, 2.45) is 5.10 Å². The zero-order valence-electron chi connectivity index (χ0n) is 21.0. The first-order valence-corrected chi connectivity index (χ1v) is 12.7. The molecular weight excluding hydrogens is 480 g/mol. The Hall–Kier alpha value is -3.37. The fraction of sp³-hybridized carbons (Fsp3) is 0.444. The van der Waals surface area contributed by atoms with Crippen molar-refractivity contribution in [2.75, 3.05) is 52.5 Å². The van der Waals surface area contributed by atoms with Gasteiger partial charge in [0.15, 0.2) is 0 Å². The summed E-state index contributed by atoms with van der Waals surface area (Å²) in [4.78, 5) is 30.1. The summed E-state index contributed by atoms with van der Waals surface area (Å²) in [5.41, 5.74) is 0.917. The van der Waals surface area contributed by atoms with Gasteiger partial charge in [0.05, 0.1) is 25.0 Å². The molecule has 198 valence electrons. The number of rotatable bonds is 9. The Morgan fingerprint density at radius 1 is 1.08 bits per heavy atom. The molecule has 0 bridgehead atoms. The molecule has 2 aliphatic heterocycles. The van der Waals surface area contributed by atoms with Crippen molar-refractivity contribution in [3.8, 4) is 0 Å². The second-order valence-corrected chi connectivity index (χ2v) is 9.11. The summed E-state index contributed by atoms with van der Waals surface area (Å²) >= 11 is 0. The van der Waals surface area contributed by atoms with Gasteiger partial charge >= 0.3 is 6.03 Å². The van der Waals surface area contributed by atoms with Crippen LogP contribution in [0.3, 0.4) is 0 Å². The van der Waals surface area contributed by atoms with E-state index in [0.29, 0.717) is 44.1 Å². The average Bonchev–Trinajstić information content (AvgIpc) is 3.35. The van der Waals surface area contributed by atoms with Gasteiger partial charge in [-0.3, -0.25) is 9.69 Å². The molecule has 2 aromatic carbocycles. The third-order valence-electron chi connectivity index (χ3n) is 6.54. The lowest BCUT2D eigenvalue weighted by Crippen LogP contribution is -2.49. The van der Waals surface area contributed by atoms with Gasteiger partial charge in [0.1, 0.15) is 18.2 Å². The summed E-state index contributed by atoms with van der Waals surface area (Å²) in [5, 5.41) is 8.49. The predicted octanol–water partition coefficient (Wildman–Crippen LogP) is 3.40. The lowest BCUT2D eigenvalue weighted by Gasteiger charge is -2.31. The smallest absolute Gasteiger partial charge is 0.317 e. The van der Waals surface area contributed by atoms with E-state index in [4.69, 9.17) is 4.74 Å². The molecule has 2 heterocycles. The van der Waals surface area contributed by atoms with Crippen molar-refractivity contribution in [3.05, 3.63) is 71.3 Å². The minimum atomic E-state index is -0.747. The Morgan fingerprint density at radius 3 is 2.49 bits per heavy atom. The normalized spacial score (nSPS) is 18.0. The van der Waals surface area contributed by atoms with Crippen LogP contribution in [0.25, 0.3) is 0 Å². The van der Waals surface area contributed by atoms with Crippen LogP contribution < -0.4 is 5.32 Å².